The Kier molecular flexibility index (Phi) is 3.23. The molecule has 2 aromatic carbocycles. The highest BCUT2D eigenvalue weighted by atomic mass is 19.1. The van der Waals surface area contributed by atoms with Crippen LogP contribution >= 0.6 is 0 Å². The lowest BCUT2D eigenvalue weighted by Crippen LogP contribution is -1.85. The average Bonchev–Trinajstić information content (AvgIpc) is 2.38. The van der Waals surface area contributed by atoms with Gasteiger partial charge in [0.15, 0.2) is 0 Å². The number of rotatable bonds is 3. The number of benzene rings is 2. The molecule has 0 atom stereocenters. The third kappa shape index (κ3) is 2.02. The second-order valence-electron chi connectivity index (χ2n) is 3.84. The number of nitrogens with one attached hydrogen (secondary N) is 1. The van der Waals surface area contributed by atoms with Crippen molar-refractivity contribution in [2.75, 3.05) is 0 Å². The van der Waals surface area contributed by atoms with Crippen LogP contribution in [0.5, 0.6) is 0 Å². The Morgan fingerprint density at radius 3 is 2.56 bits per heavy atom. The van der Waals surface area contributed by atoms with Crippen molar-refractivity contribution < 1.29 is 4.39 Å². The van der Waals surface area contributed by atoms with E-state index < -0.39 is 0 Å². The summed E-state index contributed by atoms with van der Waals surface area (Å²) >= 11 is 0. The molecule has 0 aliphatic carbocycles. The van der Waals surface area contributed by atoms with Crippen molar-refractivity contribution >= 4 is 11.4 Å². The highest BCUT2D eigenvalue weighted by Crippen LogP contribution is 2.36. The lowest BCUT2D eigenvalue weighted by molar-refractivity contribution is 0.631. The van der Waals surface area contributed by atoms with E-state index in [1.807, 2.05) is 0 Å². The van der Waals surface area contributed by atoms with E-state index in [1.54, 1.807) is 31.2 Å². The van der Waals surface area contributed by atoms with Crippen molar-refractivity contribution in [2.45, 2.75) is 6.92 Å². The zero-order valence-corrected chi connectivity index (χ0v) is 9.64. The molecule has 4 nitrogen and oxygen atoms in total. The smallest absolute Gasteiger partial charge is 0.136 e. The van der Waals surface area contributed by atoms with Gasteiger partial charge in [0.25, 0.3) is 0 Å². The van der Waals surface area contributed by atoms with Gasteiger partial charge in [-0.15, -0.1) is 4.91 Å². The molecule has 0 radical (unpaired) electrons. The van der Waals surface area contributed by atoms with Gasteiger partial charge in [0, 0.05) is 5.56 Å². The summed E-state index contributed by atoms with van der Waals surface area (Å²) in [6.45, 7) is 1.70. The van der Waals surface area contributed by atoms with Gasteiger partial charge >= 0.3 is 0 Å². The number of halogens is 1. The Bertz CT molecular complexity index is 626. The van der Waals surface area contributed by atoms with Crippen LogP contribution in [0.15, 0.2) is 46.7 Å². The molecule has 0 aliphatic heterocycles. The Morgan fingerprint density at radius 2 is 1.94 bits per heavy atom. The van der Waals surface area contributed by atoms with Gasteiger partial charge in [-0.05, 0) is 41.4 Å². The molecule has 90 valence electrons. The van der Waals surface area contributed by atoms with E-state index >= 15 is 0 Å². The maximum atomic E-state index is 13.7. The monoisotopic (exact) mass is 243 g/mol. The molecule has 0 unspecified atom stereocenters. The molecule has 0 aliphatic rings. The van der Waals surface area contributed by atoms with Gasteiger partial charge in [-0.25, -0.2) is 9.92 Å². The first-order valence-corrected chi connectivity index (χ1v) is 5.27. The van der Waals surface area contributed by atoms with E-state index in [4.69, 9.17) is 5.53 Å². The van der Waals surface area contributed by atoms with Crippen LogP contribution in [0.1, 0.15) is 5.56 Å². The average molecular weight is 243 g/mol. The minimum absolute atomic E-state index is 0.0447. The fraction of sp³-hybridized carbons (Fsp3) is 0.0769. The van der Waals surface area contributed by atoms with E-state index in [0.717, 1.165) is 0 Å². The van der Waals surface area contributed by atoms with E-state index in [-0.39, 0.29) is 17.2 Å². The number of hydrogen-bond donors (Lipinski definition) is 1. The third-order valence-corrected chi connectivity index (χ3v) is 2.68. The van der Waals surface area contributed by atoms with Crippen molar-refractivity contribution in [3.05, 3.63) is 52.7 Å². The van der Waals surface area contributed by atoms with E-state index in [9.17, 15) is 9.30 Å². The van der Waals surface area contributed by atoms with Gasteiger partial charge in [0.2, 0.25) is 0 Å². The molecule has 0 amide bonds. The molecule has 0 bridgehead atoms. The van der Waals surface area contributed by atoms with Gasteiger partial charge in [0.05, 0.1) is 0 Å². The molecule has 2 rings (SSSR count). The van der Waals surface area contributed by atoms with Gasteiger partial charge in [-0.1, -0.05) is 18.2 Å². The predicted octanol–water partition coefficient (Wildman–Crippen LogP) is 4.86. The first-order valence-electron chi connectivity index (χ1n) is 5.27. The number of aryl methyl sites for hydroxylation is 1. The normalized spacial score (nSPS) is 10.1. The van der Waals surface area contributed by atoms with E-state index in [0.29, 0.717) is 16.7 Å². The molecular weight excluding hydrogens is 233 g/mol. The third-order valence-electron chi connectivity index (χ3n) is 2.68. The SMILES string of the molecule is Cc1cc(-c2ccccc2F)cc(N=O)c1N=N. The molecule has 2 aromatic rings. The zero-order chi connectivity index (χ0) is 13.1. The van der Waals surface area contributed by atoms with Crippen molar-refractivity contribution in [1.82, 2.24) is 0 Å². The van der Waals surface area contributed by atoms with Crippen LogP contribution in [-0.4, -0.2) is 0 Å². The molecule has 18 heavy (non-hydrogen) atoms. The summed E-state index contributed by atoms with van der Waals surface area (Å²) in [6, 6.07) is 9.40. The number of nitrogens with zero attached hydrogens (tertiary/aromatic N) is 2. The topological polar surface area (TPSA) is 65.6 Å². The maximum Gasteiger partial charge on any atom is 0.136 e. The summed E-state index contributed by atoms with van der Waals surface area (Å²) in [6.07, 6.45) is 0. The van der Waals surface area contributed by atoms with Gasteiger partial charge in [-0.2, -0.15) is 5.11 Å². The summed E-state index contributed by atoms with van der Waals surface area (Å²) in [5, 5.41) is 6.09. The lowest BCUT2D eigenvalue weighted by Gasteiger charge is -2.07. The summed E-state index contributed by atoms with van der Waals surface area (Å²) in [5.74, 6) is -0.371. The number of nitroso groups, excluding NO2 is 1. The highest BCUT2D eigenvalue weighted by Gasteiger charge is 2.11. The minimum Gasteiger partial charge on any atom is -0.206 e. The molecule has 0 spiro atoms. The fourth-order valence-corrected chi connectivity index (χ4v) is 1.83. The van der Waals surface area contributed by atoms with Crippen molar-refractivity contribution in [1.29, 1.82) is 5.53 Å². The molecule has 0 saturated carbocycles. The summed E-state index contributed by atoms with van der Waals surface area (Å²) in [7, 11) is 0. The van der Waals surface area contributed by atoms with Gasteiger partial charge < -0.3 is 0 Å². The lowest BCUT2D eigenvalue weighted by atomic mass is 10.0. The molecule has 0 aromatic heterocycles. The first kappa shape index (κ1) is 12.0. The molecule has 5 heteroatoms. The number of hydrogen-bond acceptors (Lipinski definition) is 4. The van der Waals surface area contributed by atoms with Crippen LogP contribution in [0.2, 0.25) is 0 Å². The predicted molar refractivity (Wildman–Crippen MR) is 66.8 cm³/mol. The molecule has 1 N–H and O–H groups in total. The van der Waals surface area contributed by atoms with Crippen LogP contribution < -0.4 is 0 Å². The molecule has 0 fully saturated rings. The first-order chi connectivity index (χ1) is 8.67. The second-order valence-corrected chi connectivity index (χ2v) is 3.84. The molecule has 0 heterocycles. The van der Waals surface area contributed by atoms with Crippen molar-refractivity contribution in [2.24, 2.45) is 10.3 Å². The Hall–Kier alpha value is -2.43. The van der Waals surface area contributed by atoms with Gasteiger partial charge in [0.1, 0.15) is 17.2 Å². The summed E-state index contributed by atoms with van der Waals surface area (Å²) in [5.41, 5.74) is 8.81. The molecular formula is C13H10FN3O. The Labute approximate surface area is 103 Å². The zero-order valence-electron chi connectivity index (χ0n) is 9.64. The van der Waals surface area contributed by atoms with Crippen molar-refractivity contribution in [3.63, 3.8) is 0 Å². The van der Waals surface area contributed by atoms with E-state index in [1.165, 1.54) is 12.1 Å². The van der Waals surface area contributed by atoms with E-state index in [2.05, 4.69) is 10.3 Å². The van der Waals surface area contributed by atoms with Crippen LogP contribution in [0.4, 0.5) is 15.8 Å². The Balaban J connectivity index is 2.67. The second kappa shape index (κ2) is 4.83. The maximum absolute atomic E-state index is 13.7. The van der Waals surface area contributed by atoms with Crippen LogP contribution in [-0.2, 0) is 0 Å². The standard InChI is InChI=1S/C13H10FN3O/c1-8-6-9(7-12(17-18)13(8)16-15)10-4-2-3-5-11(10)14/h2-7,15H,1H3. The Morgan fingerprint density at radius 1 is 1.22 bits per heavy atom. The minimum atomic E-state index is -0.371. The van der Waals surface area contributed by atoms with Crippen LogP contribution in [0.3, 0.4) is 0 Å². The fourth-order valence-electron chi connectivity index (χ4n) is 1.83. The largest absolute Gasteiger partial charge is 0.206 e. The van der Waals surface area contributed by atoms with Crippen LogP contribution in [0, 0.1) is 23.2 Å². The highest BCUT2D eigenvalue weighted by molar-refractivity contribution is 5.76. The quantitative estimate of drug-likeness (QED) is 0.607. The molecule has 0 saturated heterocycles. The van der Waals surface area contributed by atoms with Gasteiger partial charge in [-0.3, -0.25) is 0 Å². The summed E-state index contributed by atoms with van der Waals surface area (Å²) < 4.78 is 13.7. The van der Waals surface area contributed by atoms with Crippen molar-refractivity contribution in [3.8, 4) is 11.1 Å². The van der Waals surface area contributed by atoms with Crippen LogP contribution in [0.25, 0.3) is 11.1 Å². The summed E-state index contributed by atoms with van der Waals surface area (Å²) in [4.78, 5) is 10.7.